The molecular formula is C17H16N2O3. The number of carbonyl (C=O) groups is 1. The van der Waals surface area contributed by atoms with Gasteiger partial charge in [0.05, 0.1) is 0 Å². The highest BCUT2D eigenvalue weighted by Crippen LogP contribution is 2.31. The predicted octanol–water partition coefficient (Wildman–Crippen LogP) is 2.70. The van der Waals surface area contributed by atoms with Crippen LogP contribution in [0.25, 0.3) is 0 Å². The number of benzene rings is 2. The molecule has 1 aliphatic heterocycles. The van der Waals surface area contributed by atoms with Crippen molar-refractivity contribution in [2.75, 3.05) is 13.1 Å². The first kappa shape index (κ1) is 14.3. The van der Waals surface area contributed by atoms with E-state index in [0.717, 1.165) is 17.5 Å². The maximum atomic E-state index is 12.7. The molecule has 112 valence electrons. The molecule has 5 nitrogen and oxygen atoms in total. The molecule has 0 saturated heterocycles. The van der Waals surface area contributed by atoms with Crippen molar-refractivity contribution in [3.8, 4) is 0 Å². The quantitative estimate of drug-likeness (QED) is 0.646. The number of rotatable bonds is 3. The molecular weight excluding hydrogens is 280 g/mol. The molecule has 22 heavy (non-hydrogen) atoms. The number of fused-ring (bicyclic) bond motifs is 1. The molecule has 0 aromatic heterocycles. The van der Waals surface area contributed by atoms with E-state index in [9.17, 15) is 14.9 Å². The van der Waals surface area contributed by atoms with Crippen LogP contribution in [0.5, 0.6) is 0 Å². The van der Waals surface area contributed by atoms with Crippen LogP contribution >= 0.6 is 0 Å². The third kappa shape index (κ3) is 2.70. The van der Waals surface area contributed by atoms with Crippen LogP contribution in [0.15, 0.2) is 54.6 Å². The van der Waals surface area contributed by atoms with Gasteiger partial charge in [-0.15, -0.1) is 0 Å². The minimum absolute atomic E-state index is 0.151. The number of nitrogens with zero attached hydrogens (tertiary/aromatic N) is 2. The van der Waals surface area contributed by atoms with Crippen molar-refractivity contribution in [3.05, 3.63) is 81.4 Å². The van der Waals surface area contributed by atoms with Crippen molar-refractivity contribution in [1.29, 1.82) is 0 Å². The molecule has 0 spiro atoms. The van der Waals surface area contributed by atoms with Crippen LogP contribution in [0.3, 0.4) is 0 Å². The van der Waals surface area contributed by atoms with Gasteiger partial charge in [0, 0.05) is 17.0 Å². The summed E-state index contributed by atoms with van der Waals surface area (Å²) in [7, 11) is 0. The molecule has 0 fully saturated rings. The van der Waals surface area contributed by atoms with E-state index >= 15 is 0 Å². The molecule has 1 atom stereocenters. The molecule has 0 aliphatic carbocycles. The van der Waals surface area contributed by atoms with Gasteiger partial charge in [-0.05, 0) is 29.7 Å². The molecule has 5 heteroatoms. The third-order valence-corrected chi connectivity index (χ3v) is 4.02. The minimum Gasteiger partial charge on any atom is -0.325 e. The molecule has 1 amide bonds. The first-order valence-corrected chi connectivity index (χ1v) is 7.22. The summed E-state index contributed by atoms with van der Waals surface area (Å²) >= 11 is 0. The summed E-state index contributed by atoms with van der Waals surface area (Å²) in [5.41, 5.74) is 2.54. The number of hydrogen-bond donors (Lipinski definition) is 0. The topological polar surface area (TPSA) is 63.5 Å². The summed E-state index contributed by atoms with van der Waals surface area (Å²) in [5.74, 6) is -0.151. The number of nitro groups is 1. The highest BCUT2D eigenvalue weighted by Gasteiger charge is 2.34. The minimum atomic E-state index is -0.507. The summed E-state index contributed by atoms with van der Waals surface area (Å²) in [6, 6.07) is 16.1. The highest BCUT2D eigenvalue weighted by atomic mass is 16.6. The van der Waals surface area contributed by atoms with Gasteiger partial charge < -0.3 is 4.90 Å². The zero-order chi connectivity index (χ0) is 15.5. The standard InChI is InChI=1S/C17H16N2O3/c20-17(14-7-2-1-3-8-14)18-11-10-13-6-4-5-9-15(13)16(18)12-19(21)22/h1-9,16H,10-12H2/t16-/m0/s1. The lowest BCUT2D eigenvalue weighted by molar-refractivity contribution is -0.487. The van der Waals surface area contributed by atoms with E-state index in [1.165, 1.54) is 0 Å². The summed E-state index contributed by atoms with van der Waals surface area (Å²) in [4.78, 5) is 25.0. The Hall–Kier alpha value is -2.69. The molecule has 0 unspecified atom stereocenters. The highest BCUT2D eigenvalue weighted by molar-refractivity contribution is 5.94. The summed E-state index contributed by atoms with van der Waals surface area (Å²) in [5, 5.41) is 11.0. The third-order valence-electron chi connectivity index (χ3n) is 4.02. The van der Waals surface area contributed by atoms with Crippen molar-refractivity contribution < 1.29 is 9.72 Å². The lowest BCUT2D eigenvalue weighted by atomic mass is 9.92. The average molecular weight is 296 g/mol. The van der Waals surface area contributed by atoms with E-state index in [2.05, 4.69) is 0 Å². The first-order chi connectivity index (χ1) is 10.7. The zero-order valence-electron chi connectivity index (χ0n) is 12.0. The van der Waals surface area contributed by atoms with Gasteiger partial charge in [-0.3, -0.25) is 14.9 Å². The van der Waals surface area contributed by atoms with Gasteiger partial charge in [0.2, 0.25) is 6.54 Å². The van der Waals surface area contributed by atoms with E-state index in [4.69, 9.17) is 0 Å². The zero-order valence-corrected chi connectivity index (χ0v) is 12.0. The van der Waals surface area contributed by atoms with Crippen LogP contribution < -0.4 is 0 Å². The first-order valence-electron chi connectivity index (χ1n) is 7.22. The Kier molecular flexibility index (Phi) is 3.87. The maximum Gasteiger partial charge on any atom is 0.254 e. The average Bonchev–Trinajstić information content (AvgIpc) is 2.55. The Morgan fingerprint density at radius 1 is 1.14 bits per heavy atom. The van der Waals surface area contributed by atoms with Crippen molar-refractivity contribution >= 4 is 5.91 Å². The lowest BCUT2D eigenvalue weighted by Crippen LogP contribution is -2.42. The van der Waals surface area contributed by atoms with Crippen molar-refractivity contribution in [2.45, 2.75) is 12.5 Å². The summed E-state index contributed by atoms with van der Waals surface area (Å²) in [6.07, 6.45) is 0.725. The Bertz CT molecular complexity index is 700. The van der Waals surface area contributed by atoms with Gasteiger partial charge in [0.25, 0.3) is 5.91 Å². The lowest BCUT2D eigenvalue weighted by Gasteiger charge is -2.35. The maximum absolute atomic E-state index is 12.7. The van der Waals surface area contributed by atoms with Crippen molar-refractivity contribution in [2.24, 2.45) is 0 Å². The fourth-order valence-electron chi connectivity index (χ4n) is 2.98. The smallest absolute Gasteiger partial charge is 0.254 e. The SMILES string of the molecule is O=C(c1ccccc1)N1CCc2ccccc2[C@@H]1C[N+](=O)[O-]. The monoisotopic (exact) mass is 296 g/mol. The second-order valence-corrected chi connectivity index (χ2v) is 5.34. The van der Waals surface area contributed by atoms with Crippen LogP contribution in [-0.2, 0) is 6.42 Å². The van der Waals surface area contributed by atoms with Crippen molar-refractivity contribution in [3.63, 3.8) is 0 Å². The van der Waals surface area contributed by atoms with Crippen LogP contribution in [0, 0.1) is 10.1 Å². The van der Waals surface area contributed by atoms with E-state index in [1.54, 1.807) is 29.2 Å². The molecule has 0 bridgehead atoms. The fourth-order valence-corrected chi connectivity index (χ4v) is 2.98. The van der Waals surface area contributed by atoms with E-state index in [1.807, 2.05) is 30.3 Å². The number of hydrogen-bond acceptors (Lipinski definition) is 3. The van der Waals surface area contributed by atoms with Gasteiger partial charge in [-0.2, -0.15) is 0 Å². The number of amides is 1. The Balaban J connectivity index is 1.97. The van der Waals surface area contributed by atoms with Gasteiger partial charge in [-0.25, -0.2) is 0 Å². The van der Waals surface area contributed by atoms with Crippen molar-refractivity contribution in [1.82, 2.24) is 4.90 Å². The predicted molar refractivity (Wildman–Crippen MR) is 82.2 cm³/mol. The van der Waals surface area contributed by atoms with Crippen LogP contribution in [0.1, 0.15) is 27.5 Å². The van der Waals surface area contributed by atoms with E-state index < -0.39 is 6.04 Å². The molecule has 0 radical (unpaired) electrons. The molecule has 0 N–H and O–H groups in total. The van der Waals surface area contributed by atoms with Crippen LogP contribution in [-0.4, -0.2) is 28.8 Å². The summed E-state index contributed by atoms with van der Waals surface area (Å²) in [6.45, 7) is 0.235. The second-order valence-electron chi connectivity index (χ2n) is 5.34. The molecule has 2 aromatic rings. The van der Waals surface area contributed by atoms with E-state index in [-0.39, 0.29) is 17.4 Å². The van der Waals surface area contributed by atoms with Gasteiger partial charge in [0.1, 0.15) is 6.04 Å². The van der Waals surface area contributed by atoms with Gasteiger partial charge in [-0.1, -0.05) is 42.5 Å². The summed E-state index contributed by atoms with van der Waals surface area (Å²) < 4.78 is 0. The molecule has 1 aliphatic rings. The number of carbonyl (C=O) groups excluding carboxylic acids is 1. The van der Waals surface area contributed by atoms with Gasteiger partial charge in [0.15, 0.2) is 0 Å². The van der Waals surface area contributed by atoms with E-state index in [0.29, 0.717) is 12.1 Å². The van der Waals surface area contributed by atoms with Crippen LogP contribution in [0.4, 0.5) is 0 Å². The molecule has 0 saturated carbocycles. The fraction of sp³-hybridized carbons (Fsp3) is 0.235. The Morgan fingerprint density at radius 3 is 2.55 bits per heavy atom. The molecule has 1 heterocycles. The second kappa shape index (κ2) is 5.97. The Labute approximate surface area is 128 Å². The molecule has 2 aromatic carbocycles. The molecule has 3 rings (SSSR count). The normalized spacial score (nSPS) is 16.9. The van der Waals surface area contributed by atoms with Crippen LogP contribution in [0.2, 0.25) is 0 Å². The largest absolute Gasteiger partial charge is 0.325 e. The Morgan fingerprint density at radius 2 is 1.82 bits per heavy atom. The van der Waals surface area contributed by atoms with Gasteiger partial charge >= 0.3 is 0 Å².